The van der Waals surface area contributed by atoms with Crippen molar-refractivity contribution >= 4 is 38.4 Å². The van der Waals surface area contributed by atoms with Crippen LogP contribution in [0.3, 0.4) is 0 Å². The second-order valence-corrected chi connectivity index (χ2v) is 10.0. The smallest absolute Gasteiger partial charge is 0.334 e. The number of fused-ring (bicyclic) bond motifs is 1. The molecule has 12 heteroatoms. The Morgan fingerprint density at radius 1 is 1.21 bits per heavy atom. The minimum atomic E-state index is -5.59. The predicted octanol–water partition coefficient (Wildman–Crippen LogP) is 3.72. The number of hydrogen-bond donors (Lipinski definition) is 1. The van der Waals surface area contributed by atoms with Gasteiger partial charge in [0.25, 0.3) is 21.3 Å². The van der Waals surface area contributed by atoms with Crippen molar-refractivity contribution in [3.05, 3.63) is 69.1 Å². The number of likely N-dealkylation sites (tertiary alicyclic amines) is 1. The normalized spacial score (nSPS) is 17.0. The number of amides is 1. The average Bonchev–Trinajstić information content (AvgIpc) is 3.19. The first-order valence-electron chi connectivity index (χ1n) is 9.88. The van der Waals surface area contributed by atoms with E-state index in [4.69, 9.17) is 11.6 Å². The molecule has 0 spiro atoms. The molecule has 7 nitrogen and oxygen atoms in total. The molecule has 3 aromatic rings. The lowest BCUT2D eigenvalue weighted by atomic mass is 10.0. The maximum absolute atomic E-state index is 13.1. The third kappa shape index (κ3) is 4.47. The second kappa shape index (κ2) is 8.45. The van der Waals surface area contributed by atoms with Gasteiger partial charge >= 0.3 is 5.51 Å². The van der Waals surface area contributed by atoms with Crippen LogP contribution < -0.4 is 5.56 Å². The van der Waals surface area contributed by atoms with Crippen molar-refractivity contribution < 1.29 is 26.4 Å². The summed E-state index contributed by atoms with van der Waals surface area (Å²) in [6.07, 6.45) is 2.00. The molecule has 1 aliphatic heterocycles. The number of halogens is 4. The maximum Gasteiger partial charge on any atom is 0.501 e. The van der Waals surface area contributed by atoms with Crippen molar-refractivity contribution in [1.29, 1.82) is 0 Å². The van der Waals surface area contributed by atoms with Crippen LogP contribution in [0, 0.1) is 0 Å². The van der Waals surface area contributed by atoms with Crippen molar-refractivity contribution in [2.24, 2.45) is 0 Å². The van der Waals surface area contributed by atoms with Crippen LogP contribution >= 0.6 is 11.6 Å². The number of sulfone groups is 1. The summed E-state index contributed by atoms with van der Waals surface area (Å²) in [5.41, 5.74) is -6.11. The van der Waals surface area contributed by atoms with Gasteiger partial charge in [0.1, 0.15) is 0 Å². The SMILES string of the molecule is O=C(c1nc2ccc(S(=O)(=O)C(F)(F)F)cc2[nH]c1=O)N1CCCC1Cc1cccc(Cl)c1. The zero-order chi connectivity index (χ0) is 24.0. The first kappa shape index (κ1) is 23.2. The summed E-state index contributed by atoms with van der Waals surface area (Å²) in [4.78, 5) is 32.5. The summed E-state index contributed by atoms with van der Waals surface area (Å²) in [5.74, 6) is -0.602. The second-order valence-electron chi connectivity index (χ2n) is 7.67. The highest BCUT2D eigenvalue weighted by Gasteiger charge is 2.47. The van der Waals surface area contributed by atoms with E-state index in [1.807, 2.05) is 12.1 Å². The first-order chi connectivity index (χ1) is 15.5. The number of aromatic amines is 1. The Morgan fingerprint density at radius 3 is 2.67 bits per heavy atom. The Morgan fingerprint density at radius 2 is 1.97 bits per heavy atom. The predicted molar refractivity (Wildman–Crippen MR) is 115 cm³/mol. The van der Waals surface area contributed by atoms with Crippen molar-refractivity contribution in [3.8, 4) is 0 Å². The quantitative estimate of drug-likeness (QED) is 0.589. The third-order valence-electron chi connectivity index (χ3n) is 5.48. The summed E-state index contributed by atoms with van der Waals surface area (Å²) < 4.78 is 61.7. The summed E-state index contributed by atoms with van der Waals surface area (Å²) in [5, 5.41) is 0.572. The zero-order valence-corrected chi connectivity index (χ0v) is 18.5. The molecule has 0 aliphatic carbocycles. The lowest BCUT2D eigenvalue weighted by Gasteiger charge is -2.24. The minimum absolute atomic E-state index is 0.00957. The van der Waals surface area contributed by atoms with Gasteiger partial charge in [0, 0.05) is 17.6 Å². The van der Waals surface area contributed by atoms with Gasteiger partial charge in [0.2, 0.25) is 0 Å². The molecule has 33 heavy (non-hydrogen) atoms. The molecule has 0 radical (unpaired) electrons. The Balaban J connectivity index is 1.65. The van der Waals surface area contributed by atoms with Crippen LogP contribution in [0.4, 0.5) is 13.2 Å². The van der Waals surface area contributed by atoms with E-state index < -0.39 is 37.4 Å². The molecule has 2 heterocycles. The van der Waals surface area contributed by atoms with Gasteiger partial charge in [-0.25, -0.2) is 13.4 Å². The van der Waals surface area contributed by atoms with Gasteiger partial charge in [0.15, 0.2) is 5.69 Å². The molecule has 174 valence electrons. The number of carbonyl (C=O) groups excluding carboxylic acids is 1. The lowest BCUT2D eigenvalue weighted by Crippen LogP contribution is -2.40. The van der Waals surface area contributed by atoms with E-state index in [0.717, 1.165) is 30.5 Å². The molecule has 1 unspecified atom stereocenters. The molecule has 1 atom stereocenters. The van der Waals surface area contributed by atoms with Crippen molar-refractivity contribution in [3.63, 3.8) is 0 Å². The summed E-state index contributed by atoms with van der Waals surface area (Å²) >= 11 is 6.03. The number of H-pyrrole nitrogens is 1. The fraction of sp³-hybridized carbons (Fsp3) is 0.286. The van der Waals surface area contributed by atoms with E-state index in [9.17, 15) is 31.2 Å². The van der Waals surface area contributed by atoms with Gasteiger partial charge in [-0.05, 0) is 55.2 Å². The highest BCUT2D eigenvalue weighted by Crippen LogP contribution is 2.31. The zero-order valence-electron chi connectivity index (χ0n) is 16.9. The molecule has 1 aromatic heterocycles. The summed E-state index contributed by atoms with van der Waals surface area (Å²) in [7, 11) is -5.59. The Kier molecular flexibility index (Phi) is 5.95. The van der Waals surface area contributed by atoms with Gasteiger partial charge in [-0.2, -0.15) is 13.2 Å². The van der Waals surface area contributed by atoms with Gasteiger partial charge in [-0.3, -0.25) is 9.59 Å². The van der Waals surface area contributed by atoms with E-state index in [0.29, 0.717) is 24.1 Å². The minimum Gasteiger partial charge on any atom is -0.334 e. The Labute approximate surface area is 191 Å². The molecule has 2 aromatic carbocycles. The Bertz CT molecular complexity index is 1410. The lowest BCUT2D eigenvalue weighted by molar-refractivity contribution is -0.0436. The van der Waals surface area contributed by atoms with Crippen LogP contribution in [0.2, 0.25) is 5.02 Å². The van der Waals surface area contributed by atoms with Gasteiger partial charge < -0.3 is 9.88 Å². The third-order valence-corrected chi connectivity index (χ3v) is 7.20. The fourth-order valence-corrected chi connectivity index (χ4v) is 4.90. The number of nitrogens with zero attached hydrogens (tertiary/aromatic N) is 2. The molecular weight excluding hydrogens is 483 g/mol. The van der Waals surface area contributed by atoms with Crippen molar-refractivity contribution in [2.45, 2.75) is 35.7 Å². The van der Waals surface area contributed by atoms with Crippen LogP contribution in [0.25, 0.3) is 11.0 Å². The number of aromatic nitrogens is 2. The van der Waals surface area contributed by atoms with Crippen LogP contribution in [-0.2, 0) is 16.3 Å². The van der Waals surface area contributed by atoms with Crippen LogP contribution in [0.15, 0.2) is 52.2 Å². The van der Waals surface area contributed by atoms with E-state index in [1.165, 1.54) is 0 Å². The molecule has 1 fully saturated rings. The topological polar surface area (TPSA) is 100 Å². The number of alkyl halides is 3. The molecule has 1 saturated heterocycles. The van der Waals surface area contributed by atoms with E-state index >= 15 is 0 Å². The number of hydrogen-bond acceptors (Lipinski definition) is 5. The summed E-state index contributed by atoms with van der Waals surface area (Å²) in [6, 6.07) is 9.51. The monoisotopic (exact) mass is 499 g/mol. The molecule has 1 N–H and O–H groups in total. The molecule has 1 amide bonds. The van der Waals surface area contributed by atoms with E-state index in [2.05, 4.69) is 9.97 Å². The van der Waals surface area contributed by atoms with Gasteiger partial charge in [-0.1, -0.05) is 23.7 Å². The van der Waals surface area contributed by atoms with Gasteiger partial charge in [0.05, 0.1) is 15.9 Å². The number of nitrogens with one attached hydrogen (secondary N) is 1. The van der Waals surface area contributed by atoms with E-state index in [1.54, 1.807) is 17.0 Å². The molecule has 4 rings (SSSR count). The molecule has 0 saturated carbocycles. The number of rotatable bonds is 4. The molecule has 0 bridgehead atoms. The van der Waals surface area contributed by atoms with Crippen molar-refractivity contribution in [2.75, 3.05) is 6.54 Å². The van der Waals surface area contributed by atoms with Crippen LogP contribution in [0.1, 0.15) is 28.9 Å². The summed E-state index contributed by atoms with van der Waals surface area (Å²) in [6.45, 7) is 0.423. The standard InChI is InChI=1S/C21H17ClF3N3O4S/c22-13-4-1-3-12(9-13)10-14-5-2-8-28(14)20(30)18-19(29)27-17-11-15(6-7-16(17)26-18)33(31,32)21(23,24)25/h1,3-4,6-7,9,11,14H,2,5,8,10H2,(H,27,29). The fourth-order valence-electron chi connectivity index (χ4n) is 3.90. The van der Waals surface area contributed by atoms with Crippen LogP contribution in [0.5, 0.6) is 0 Å². The Hall–Kier alpha value is -2.92. The number of benzene rings is 2. The molecular formula is C21H17ClF3N3O4S. The number of carbonyl (C=O) groups is 1. The van der Waals surface area contributed by atoms with E-state index in [-0.39, 0.29) is 17.1 Å². The highest BCUT2D eigenvalue weighted by atomic mass is 35.5. The van der Waals surface area contributed by atoms with Crippen LogP contribution in [-0.4, -0.2) is 47.3 Å². The maximum atomic E-state index is 13.1. The highest BCUT2D eigenvalue weighted by molar-refractivity contribution is 7.92. The molecule has 1 aliphatic rings. The van der Waals surface area contributed by atoms with Crippen molar-refractivity contribution in [1.82, 2.24) is 14.9 Å². The largest absolute Gasteiger partial charge is 0.501 e. The first-order valence-corrected chi connectivity index (χ1v) is 11.7. The average molecular weight is 500 g/mol. The van der Waals surface area contributed by atoms with Gasteiger partial charge in [-0.15, -0.1) is 0 Å².